The number of anilines is 1. The fourth-order valence-electron chi connectivity index (χ4n) is 2.02. The molecule has 0 saturated heterocycles. The molecule has 118 valence electrons. The summed E-state index contributed by atoms with van der Waals surface area (Å²) in [5.74, 6) is 0.299. The molecule has 0 aliphatic rings. The summed E-state index contributed by atoms with van der Waals surface area (Å²) in [6.45, 7) is 0. The molecule has 1 unspecified atom stereocenters. The van der Waals surface area contributed by atoms with Crippen molar-refractivity contribution in [3.05, 3.63) is 35.4 Å². The van der Waals surface area contributed by atoms with Crippen LogP contribution in [0.1, 0.15) is 17.3 Å². The third-order valence-corrected chi connectivity index (χ3v) is 3.75. The van der Waals surface area contributed by atoms with Gasteiger partial charge in [0.25, 0.3) is 0 Å². The van der Waals surface area contributed by atoms with Crippen LogP contribution in [0.15, 0.2) is 18.2 Å². The summed E-state index contributed by atoms with van der Waals surface area (Å²) in [5.41, 5.74) is 6.60. The largest absolute Gasteiger partial charge is 0.467 e. The van der Waals surface area contributed by atoms with E-state index in [0.717, 1.165) is 0 Å². The molecule has 22 heavy (non-hydrogen) atoms. The molecule has 0 spiro atoms. The molecule has 1 aromatic heterocycles. The Morgan fingerprint density at radius 3 is 2.36 bits per heavy atom. The van der Waals surface area contributed by atoms with Gasteiger partial charge in [-0.05, 0) is 17.9 Å². The zero-order chi connectivity index (χ0) is 16.1. The maximum absolute atomic E-state index is 13.8. The van der Waals surface area contributed by atoms with Crippen LogP contribution in [0.5, 0.6) is 12.0 Å². The van der Waals surface area contributed by atoms with Crippen LogP contribution in [0.25, 0.3) is 0 Å². The number of ether oxygens (including phenoxy) is 2. The first-order valence-corrected chi connectivity index (χ1v) is 7.86. The van der Waals surface area contributed by atoms with Gasteiger partial charge < -0.3 is 15.2 Å². The van der Waals surface area contributed by atoms with Crippen LogP contribution < -0.4 is 15.2 Å². The highest BCUT2D eigenvalue weighted by molar-refractivity contribution is 7.98. The Labute approximate surface area is 132 Å². The maximum atomic E-state index is 13.8. The standard InChI is InChI=1S/C14H17FN4O2S/c1-20-13-17-12(18-14(19-13)21-2)9(7-22-3)8-5-4-6-10(15)11(8)16/h4-6,9H,7,16H2,1-3H3. The quantitative estimate of drug-likeness (QED) is 0.815. The molecule has 0 fully saturated rings. The number of thioether (sulfide) groups is 1. The highest BCUT2D eigenvalue weighted by Gasteiger charge is 2.23. The van der Waals surface area contributed by atoms with E-state index in [1.165, 1.54) is 20.3 Å². The number of hydrogen-bond acceptors (Lipinski definition) is 7. The minimum Gasteiger partial charge on any atom is -0.467 e. The Morgan fingerprint density at radius 1 is 1.18 bits per heavy atom. The third-order valence-electron chi connectivity index (χ3n) is 3.08. The molecule has 1 heterocycles. The molecule has 0 amide bonds. The van der Waals surface area contributed by atoms with Crippen LogP contribution in [-0.4, -0.2) is 41.2 Å². The van der Waals surface area contributed by atoms with Gasteiger partial charge in [0.2, 0.25) is 0 Å². The molecule has 1 aromatic carbocycles. The van der Waals surface area contributed by atoms with E-state index in [1.807, 2.05) is 6.26 Å². The number of aromatic nitrogens is 3. The van der Waals surface area contributed by atoms with Gasteiger partial charge in [-0.25, -0.2) is 4.39 Å². The number of methoxy groups -OCH3 is 2. The number of rotatable bonds is 6. The average molecular weight is 324 g/mol. The Morgan fingerprint density at radius 2 is 1.82 bits per heavy atom. The Kier molecular flexibility index (Phi) is 5.37. The van der Waals surface area contributed by atoms with E-state index in [2.05, 4.69) is 15.0 Å². The second kappa shape index (κ2) is 7.26. The first-order chi connectivity index (χ1) is 10.6. The fourth-order valence-corrected chi connectivity index (χ4v) is 2.68. The van der Waals surface area contributed by atoms with Gasteiger partial charge in [0.1, 0.15) is 11.6 Å². The van der Waals surface area contributed by atoms with Crippen molar-refractivity contribution in [2.75, 3.05) is 32.0 Å². The zero-order valence-electron chi connectivity index (χ0n) is 12.5. The second-order valence-corrected chi connectivity index (χ2v) is 5.33. The molecule has 0 bridgehead atoms. The van der Waals surface area contributed by atoms with Gasteiger partial charge in [0.05, 0.1) is 25.8 Å². The van der Waals surface area contributed by atoms with Gasteiger partial charge in [-0.1, -0.05) is 12.1 Å². The van der Waals surface area contributed by atoms with E-state index in [-0.39, 0.29) is 23.6 Å². The lowest BCUT2D eigenvalue weighted by Crippen LogP contribution is -2.14. The number of benzene rings is 1. The van der Waals surface area contributed by atoms with Crippen LogP contribution in [0, 0.1) is 5.82 Å². The Hall–Kier alpha value is -2.09. The molecule has 2 rings (SSSR count). The summed E-state index contributed by atoms with van der Waals surface area (Å²) in [5, 5.41) is 0. The number of para-hydroxylation sites is 1. The van der Waals surface area contributed by atoms with Crippen molar-refractivity contribution >= 4 is 17.4 Å². The highest BCUT2D eigenvalue weighted by Crippen LogP contribution is 2.32. The predicted octanol–water partition coefficient (Wildman–Crippen LogP) is 2.10. The summed E-state index contributed by atoms with van der Waals surface area (Å²) in [7, 11) is 2.91. The van der Waals surface area contributed by atoms with Crippen molar-refractivity contribution in [3.8, 4) is 12.0 Å². The zero-order valence-corrected chi connectivity index (χ0v) is 13.4. The summed E-state index contributed by atoms with van der Waals surface area (Å²) in [6.07, 6.45) is 1.94. The van der Waals surface area contributed by atoms with Crippen molar-refractivity contribution in [3.63, 3.8) is 0 Å². The van der Waals surface area contributed by atoms with Gasteiger partial charge in [0.15, 0.2) is 0 Å². The van der Waals surface area contributed by atoms with Crippen molar-refractivity contribution in [2.45, 2.75) is 5.92 Å². The van der Waals surface area contributed by atoms with Gasteiger partial charge in [-0.3, -0.25) is 0 Å². The molecule has 6 nitrogen and oxygen atoms in total. The van der Waals surface area contributed by atoms with E-state index in [9.17, 15) is 4.39 Å². The Balaban J connectivity index is 2.54. The lowest BCUT2D eigenvalue weighted by atomic mass is 9.98. The van der Waals surface area contributed by atoms with Crippen molar-refractivity contribution in [1.82, 2.24) is 15.0 Å². The molecular weight excluding hydrogens is 307 g/mol. The first-order valence-electron chi connectivity index (χ1n) is 6.47. The molecule has 0 radical (unpaired) electrons. The molecular formula is C14H17FN4O2S. The number of nitrogens with zero attached hydrogens (tertiary/aromatic N) is 3. The van der Waals surface area contributed by atoms with Crippen molar-refractivity contribution in [2.24, 2.45) is 0 Å². The van der Waals surface area contributed by atoms with Gasteiger partial charge in [-0.15, -0.1) is 4.98 Å². The summed E-state index contributed by atoms with van der Waals surface area (Å²) >= 11 is 1.58. The molecule has 2 aromatic rings. The monoisotopic (exact) mass is 324 g/mol. The number of halogens is 1. The minimum absolute atomic E-state index is 0.0971. The summed E-state index contributed by atoms with van der Waals surface area (Å²) in [4.78, 5) is 12.5. The van der Waals surface area contributed by atoms with Gasteiger partial charge >= 0.3 is 12.0 Å². The number of nitrogen functional groups attached to an aromatic ring is 1. The average Bonchev–Trinajstić information content (AvgIpc) is 2.55. The molecule has 2 N–H and O–H groups in total. The highest BCUT2D eigenvalue weighted by atomic mass is 32.2. The van der Waals surface area contributed by atoms with E-state index in [1.54, 1.807) is 23.9 Å². The van der Waals surface area contributed by atoms with Gasteiger partial charge in [0, 0.05) is 5.75 Å². The van der Waals surface area contributed by atoms with Crippen LogP contribution in [0.4, 0.5) is 10.1 Å². The smallest absolute Gasteiger partial charge is 0.322 e. The molecule has 0 aliphatic heterocycles. The predicted molar refractivity (Wildman–Crippen MR) is 84.0 cm³/mol. The third kappa shape index (κ3) is 3.38. The van der Waals surface area contributed by atoms with Crippen LogP contribution >= 0.6 is 11.8 Å². The van der Waals surface area contributed by atoms with Crippen molar-refractivity contribution < 1.29 is 13.9 Å². The molecule has 0 aliphatic carbocycles. The summed E-state index contributed by atoms with van der Waals surface area (Å²) in [6, 6.07) is 4.99. The van der Waals surface area contributed by atoms with E-state index in [0.29, 0.717) is 17.1 Å². The second-order valence-electron chi connectivity index (χ2n) is 4.42. The van der Waals surface area contributed by atoms with Crippen molar-refractivity contribution in [1.29, 1.82) is 0 Å². The summed E-state index contributed by atoms with van der Waals surface area (Å²) < 4.78 is 23.9. The fraction of sp³-hybridized carbons (Fsp3) is 0.357. The Bertz CT molecular complexity index is 634. The van der Waals surface area contributed by atoms with Gasteiger partial charge in [-0.2, -0.15) is 21.7 Å². The molecule has 0 saturated carbocycles. The van der Waals surface area contributed by atoms with E-state index in [4.69, 9.17) is 15.2 Å². The number of hydrogen-bond donors (Lipinski definition) is 1. The molecule has 8 heteroatoms. The first kappa shape index (κ1) is 16.3. The van der Waals surface area contributed by atoms with Crippen LogP contribution in [0.2, 0.25) is 0 Å². The lowest BCUT2D eigenvalue weighted by molar-refractivity contribution is 0.335. The normalized spacial score (nSPS) is 12.0. The minimum atomic E-state index is -0.461. The molecule has 1 atom stereocenters. The lowest BCUT2D eigenvalue weighted by Gasteiger charge is -2.18. The van der Waals surface area contributed by atoms with Crippen LogP contribution in [-0.2, 0) is 0 Å². The SMILES string of the molecule is COc1nc(OC)nc(C(CSC)c2cccc(F)c2N)n1. The number of nitrogens with two attached hydrogens (primary N) is 1. The van der Waals surface area contributed by atoms with E-state index >= 15 is 0 Å². The maximum Gasteiger partial charge on any atom is 0.322 e. The van der Waals surface area contributed by atoms with E-state index < -0.39 is 5.82 Å². The van der Waals surface area contributed by atoms with Crippen LogP contribution in [0.3, 0.4) is 0 Å². The topological polar surface area (TPSA) is 83.2 Å².